The first-order valence-electron chi connectivity index (χ1n) is 7.84. The average Bonchev–Trinajstić information content (AvgIpc) is 2.68. The predicted octanol–water partition coefficient (Wildman–Crippen LogP) is 5.23. The Morgan fingerprint density at radius 2 is 1.32 bits per heavy atom. The van der Waals surface area contributed by atoms with Crippen molar-refractivity contribution in [2.24, 2.45) is 4.99 Å². The SMILES string of the molecule is N#C/C(=C/c1ccccc1F)N=C(c1ccccc1)c1ccccc1. The third kappa shape index (κ3) is 4.07. The number of hydrogen-bond acceptors (Lipinski definition) is 2. The van der Waals surface area contributed by atoms with E-state index in [-0.39, 0.29) is 11.5 Å². The lowest BCUT2D eigenvalue weighted by molar-refractivity contribution is 0.625. The zero-order chi connectivity index (χ0) is 17.5. The minimum absolute atomic E-state index is 0.146. The van der Waals surface area contributed by atoms with E-state index in [4.69, 9.17) is 0 Å². The van der Waals surface area contributed by atoms with Crippen molar-refractivity contribution in [3.05, 3.63) is 113 Å². The summed E-state index contributed by atoms with van der Waals surface area (Å²) in [6, 6.07) is 27.6. The zero-order valence-electron chi connectivity index (χ0n) is 13.4. The van der Waals surface area contributed by atoms with Gasteiger partial charge in [-0.3, -0.25) is 0 Å². The highest BCUT2D eigenvalue weighted by Crippen LogP contribution is 2.16. The number of nitriles is 1. The topological polar surface area (TPSA) is 36.1 Å². The Bertz CT molecular complexity index is 911. The second kappa shape index (κ2) is 7.85. The van der Waals surface area contributed by atoms with E-state index in [1.165, 1.54) is 12.1 Å². The molecule has 0 aliphatic carbocycles. The number of halogens is 1. The Kier molecular flexibility index (Phi) is 5.13. The third-order valence-electron chi connectivity index (χ3n) is 3.64. The minimum Gasteiger partial charge on any atom is -0.236 e. The molecule has 3 rings (SSSR count). The molecule has 0 N–H and O–H groups in total. The summed E-state index contributed by atoms with van der Waals surface area (Å²) in [7, 11) is 0. The summed E-state index contributed by atoms with van der Waals surface area (Å²) in [6.45, 7) is 0. The summed E-state index contributed by atoms with van der Waals surface area (Å²) in [5.74, 6) is -0.383. The van der Waals surface area contributed by atoms with E-state index in [1.807, 2.05) is 60.7 Å². The highest BCUT2D eigenvalue weighted by molar-refractivity contribution is 6.13. The molecule has 0 spiro atoms. The Labute approximate surface area is 146 Å². The van der Waals surface area contributed by atoms with E-state index in [0.717, 1.165) is 11.1 Å². The van der Waals surface area contributed by atoms with E-state index >= 15 is 0 Å². The van der Waals surface area contributed by atoms with E-state index in [9.17, 15) is 9.65 Å². The minimum atomic E-state index is -0.383. The molecule has 0 heterocycles. The first-order chi connectivity index (χ1) is 12.3. The van der Waals surface area contributed by atoms with Crippen molar-refractivity contribution in [1.82, 2.24) is 0 Å². The predicted molar refractivity (Wildman–Crippen MR) is 98.5 cm³/mol. The molecule has 0 radical (unpaired) electrons. The summed E-state index contributed by atoms with van der Waals surface area (Å²) in [4.78, 5) is 4.52. The summed E-state index contributed by atoms with van der Waals surface area (Å²) in [6.07, 6.45) is 1.46. The molecule has 3 aromatic carbocycles. The fourth-order valence-electron chi connectivity index (χ4n) is 2.44. The van der Waals surface area contributed by atoms with E-state index in [0.29, 0.717) is 11.3 Å². The smallest absolute Gasteiger partial charge is 0.141 e. The lowest BCUT2D eigenvalue weighted by atomic mass is 10.0. The molecule has 0 amide bonds. The number of rotatable bonds is 4. The number of benzene rings is 3. The Hall–Kier alpha value is -3.51. The lowest BCUT2D eigenvalue weighted by Gasteiger charge is -2.07. The van der Waals surface area contributed by atoms with Gasteiger partial charge in [-0.1, -0.05) is 78.9 Å². The van der Waals surface area contributed by atoms with Gasteiger partial charge in [-0.15, -0.1) is 0 Å². The van der Waals surface area contributed by atoms with E-state index in [2.05, 4.69) is 11.1 Å². The van der Waals surface area contributed by atoms with Gasteiger partial charge in [-0.2, -0.15) is 5.26 Å². The highest BCUT2D eigenvalue weighted by atomic mass is 19.1. The van der Waals surface area contributed by atoms with Gasteiger partial charge < -0.3 is 0 Å². The molecule has 2 nitrogen and oxygen atoms in total. The van der Waals surface area contributed by atoms with Crippen LogP contribution in [0.5, 0.6) is 0 Å². The van der Waals surface area contributed by atoms with Gasteiger partial charge in [0.25, 0.3) is 0 Å². The molecule has 3 heteroatoms. The largest absolute Gasteiger partial charge is 0.236 e. The monoisotopic (exact) mass is 326 g/mol. The fraction of sp³-hybridized carbons (Fsp3) is 0. The maximum atomic E-state index is 13.9. The number of hydrogen-bond donors (Lipinski definition) is 0. The number of nitrogens with zero attached hydrogens (tertiary/aromatic N) is 2. The van der Waals surface area contributed by atoms with Crippen molar-refractivity contribution in [2.45, 2.75) is 0 Å². The highest BCUT2D eigenvalue weighted by Gasteiger charge is 2.08. The summed E-state index contributed by atoms with van der Waals surface area (Å²) in [5.41, 5.74) is 2.94. The first-order valence-corrected chi connectivity index (χ1v) is 7.84. The Balaban J connectivity index is 2.12. The molecule has 0 saturated heterocycles. The zero-order valence-corrected chi connectivity index (χ0v) is 13.4. The van der Waals surface area contributed by atoms with Crippen LogP contribution in [0.2, 0.25) is 0 Å². The van der Waals surface area contributed by atoms with Gasteiger partial charge in [-0.25, -0.2) is 9.38 Å². The molecule has 0 atom stereocenters. The lowest BCUT2D eigenvalue weighted by Crippen LogP contribution is -2.03. The van der Waals surface area contributed by atoms with Crippen LogP contribution in [0.25, 0.3) is 6.08 Å². The third-order valence-corrected chi connectivity index (χ3v) is 3.64. The van der Waals surface area contributed by atoms with Crippen LogP contribution in [0.3, 0.4) is 0 Å². The van der Waals surface area contributed by atoms with Gasteiger partial charge in [-0.05, 0) is 12.1 Å². The van der Waals surface area contributed by atoms with Crippen molar-refractivity contribution < 1.29 is 4.39 Å². The molecule has 0 aromatic heterocycles. The van der Waals surface area contributed by atoms with E-state index < -0.39 is 0 Å². The fourth-order valence-corrected chi connectivity index (χ4v) is 2.44. The van der Waals surface area contributed by atoms with E-state index in [1.54, 1.807) is 18.2 Å². The van der Waals surface area contributed by atoms with Gasteiger partial charge in [0, 0.05) is 16.7 Å². The molecule has 0 aliphatic rings. The van der Waals surface area contributed by atoms with Gasteiger partial charge in [0.2, 0.25) is 0 Å². The molecule has 0 unspecified atom stereocenters. The normalized spacial score (nSPS) is 10.8. The molecule has 120 valence electrons. The second-order valence-corrected chi connectivity index (χ2v) is 5.36. The van der Waals surface area contributed by atoms with Crippen LogP contribution >= 0.6 is 0 Å². The average molecular weight is 326 g/mol. The molecule has 0 fully saturated rings. The van der Waals surface area contributed by atoms with Gasteiger partial charge >= 0.3 is 0 Å². The Morgan fingerprint density at radius 1 is 0.800 bits per heavy atom. The summed E-state index contributed by atoms with van der Waals surface area (Å²) < 4.78 is 13.9. The molecule has 0 saturated carbocycles. The molecule has 25 heavy (non-hydrogen) atoms. The summed E-state index contributed by atoms with van der Waals surface area (Å²) in [5, 5.41) is 9.47. The maximum Gasteiger partial charge on any atom is 0.141 e. The van der Waals surface area contributed by atoms with Gasteiger partial charge in [0.05, 0.1) is 5.71 Å². The molecular formula is C22H15FN2. The molecule has 3 aromatic rings. The van der Waals surface area contributed by atoms with Gasteiger partial charge in [0.15, 0.2) is 0 Å². The second-order valence-electron chi connectivity index (χ2n) is 5.36. The van der Waals surface area contributed by atoms with Crippen LogP contribution in [-0.4, -0.2) is 5.71 Å². The number of aliphatic imine (C=N–C) groups is 1. The van der Waals surface area contributed by atoms with Gasteiger partial charge in [0.1, 0.15) is 17.6 Å². The Morgan fingerprint density at radius 3 is 1.84 bits per heavy atom. The van der Waals surface area contributed by atoms with Crippen LogP contribution in [0.4, 0.5) is 4.39 Å². The van der Waals surface area contributed by atoms with Crippen molar-refractivity contribution in [2.75, 3.05) is 0 Å². The van der Waals surface area contributed by atoms with Crippen LogP contribution in [-0.2, 0) is 0 Å². The quantitative estimate of drug-likeness (QED) is 0.478. The number of allylic oxidation sites excluding steroid dienone is 1. The van der Waals surface area contributed by atoms with Crippen molar-refractivity contribution in [3.63, 3.8) is 0 Å². The van der Waals surface area contributed by atoms with Crippen LogP contribution < -0.4 is 0 Å². The van der Waals surface area contributed by atoms with Crippen LogP contribution in [0, 0.1) is 17.1 Å². The molecule has 0 bridgehead atoms. The molecule has 0 aliphatic heterocycles. The van der Waals surface area contributed by atoms with Crippen LogP contribution in [0.15, 0.2) is 95.6 Å². The summed E-state index contributed by atoms with van der Waals surface area (Å²) >= 11 is 0. The molecular weight excluding hydrogens is 311 g/mol. The van der Waals surface area contributed by atoms with Crippen molar-refractivity contribution in [1.29, 1.82) is 5.26 Å². The van der Waals surface area contributed by atoms with Crippen LogP contribution in [0.1, 0.15) is 16.7 Å². The standard InChI is InChI=1S/C22H15FN2/c23-21-14-8-7-13-19(21)15-20(16-24)25-22(17-9-3-1-4-10-17)18-11-5-2-6-12-18/h1-15H/b20-15-. The van der Waals surface area contributed by atoms with Crippen molar-refractivity contribution in [3.8, 4) is 6.07 Å². The first kappa shape index (κ1) is 16.4. The maximum absolute atomic E-state index is 13.9. The van der Waals surface area contributed by atoms with Crippen molar-refractivity contribution >= 4 is 11.8 Å².